The van der Waals surface area contributed by atoms with E-state index in [1.54, 1.807) is 0 Å². The predicted octanol–water partition coefficient (Wildman–Crippen LogP) is 2.48. The van der Waals surface area contributed by atoms with Crippen LogP contribution in [0.15, 0.2) is 18.2 Å². The largest absolute Gasteiger partial charge is 0.493 e. The van der Waals surface area contributed by atoms with Crippen LogP contribution in [0.4, 0.5) is 0 Å². The van der Waals surface area contributed by atoms with Crippen LogP contribution < -0.4 is 16.0 Å². The summed E-state index contributed by atoms with van der Waals surface area (Å²) < 4.78 is 11.5. The van der Waals surface area contributed by atoms with Crippen LogP contribution in [0, 0.1) is 0 Å². The molecule has 1 unspecified atom stereocenters. The molecule has 1 atom stereocenters. The summed E-state index contributed by atoms with van der Waals surface area (Å²) in [7, 11) is 1.81. The molecule has 1 heterocycles. The van der Waals surface area contributed by atoms with Crippen molar-refractivity contribution in [3.05, 3.63) is 29.3 Å². The Morgan fingerprint density at radius 2 is 2.10 bits per heavy atom. The minimum absolute atomic E-state index is 0.0405. The van der Waals surface area contributed by atoms with Gasteiger partial charge in [0, 0.05) is 13.5 Å². The summed E-state index contributed by atoms with van der Waals surface area (Å²) in [5.74, 6) is 6.89. The molecule has 4 nitrogen and oxygen atoms in total. The Labute approximate surface area is 120 Å². The SMILES string of the molecule is COC1(C(NN)c2ccc3c(c2)CCO3)CCCCC1. The molecule has 0 spiro atoms. The van der Waals surface area contributed by atoms with Gasteiger partial charge in [0.2, 0.25) is 0 Å². The number of ether oxygens (including phenoxy) is 2. The third-order valence-electron chi connectivity index (χ3n) is 4.85. The van der Waals surface area contributed by atoms with Gasteiger partial charge in [-0.05, 0) is 30.0 Å². The smallest absolute Gasteiger partial charge is 0.122 e. The number of hydrazine groups is 1. The fraction of sp³-hybridized carbons (Fsp3) is 0.625. The van der Waals surface area contributed by atoms with Crippen molar-refractivity contribution in [2.45, 2.75) is 50.2 Å². The van der Waals surface area contributed by atoms with E-state index in [-0.39, 0.29) is 11.6 Å². The maximum atomic E-state index is 5.93. The predicted molar refractivity (Wildman–Crippen MR) is 78.5 cm³/mol. The number of hydrogen-bond acceptors (Lipinski definition) is 4. The van der Waals surface area contributed by atoms with Gasteiger partial charge in [-0.15, -0.1) is 0 Å². The first-order chi connectivity index (χ1) is 9.79. The second kappa shape index (κ2) is 5.72. The standard InChI is InChI=1S/C16H24N2O2/c1-19-16(8-3-2-4-9-16)15(18-17)13-5-6-14-12(11-13)7-10-20-14/h5-6,11,15,18H,2-4,7-10,17H2,1H3. The normalized spacial score (nSPS) is 22.1. The number of rotatable bonds is 4. The van der Waals surface area contributed by atoms with Crippen molar-refractivity contribution in [2.75, 3.05) is 13.7 Å². The fourth-order valence-electron chi connectivity index (χ4n) is 3.70. The van der Waals surface area contributed by atoms with Gasteiger partial charge in [-0.2, -0.15) is 0 Å². The topological polar surface area (TPSA) is 56.5 Å². The first-order valence-corrected chi connectivity index (χ1v) is 7.56. The molecule has 1 aliphatic carbocycles. The Hall–Kier alpha value is -1.10. The van der Waals surface area contributed by atoms with Crippen LogP contribution in [-0.2, 0) is 11.2 Å². The molecule has 0 amide bonds. The third kappa shape index (κ3) is 2.32. The van der Waals surface area contributed by atoms with Crippen LogP contribution in [0.2, 0.25) is 0 Å². The Balaban J connectivity index is 1.92. The van der Waals surface area contributed by atoms with E-state index in [2.05, 4.69) is 23.6 Å². The van der Waals surface area contributed by atoms with Gasteiger partial charge >= 0.3 is 0 Å². The molecular weight excluding hydrogens is 252 g/mol. The number of benzene rings is 1. The van der Waals surface area contributed by atoms with Crippen LogP contribution in [0.3, 0.4) is 0 Å². The molecule has 110 valence electrons. The Morgan fingerprint density at radius 1 is 1.30 bits per heavy atom. The van der Waals surface area contributed by atoms with E-state index in [4.69, 9.17) is 15.3 Å². The highest BCUT2D eigenvalue weighted by Crippen LogP contribution is 2.41. The molecule has 1 aromatic rings. The molecule has 2 aliphatic rings. The molecule has 1 saturated carbocycles. The molecule has 0 bridgehead atoms. The molecule has 1 fully saturated rings. The summed E-state index contributed by atoms with van der Waals surface area (Å²) in [6.07, 6.45) is 6.82. The lowest BCUT2D eigenvalue weighted by Crippen LogP contribution is -2.49. The van der Waals surface area contributed by atoms with Gasteiger partial charge in [-0.3, -0.25) is 11.3 Å². The second-order valence-electron chi connectivity index (χ2n) is 5.89. The van der Waals surface area contributed by atoms with E-state index in [0.717, 1.165) is 31.6 Å². The quantitative estimate of drug-likeness (QED) is 0.655. The zero-order chi connectivity index (χ0) is 14.0. The van der Waals surface area contributed by atoms with Crippen molar-refractivity contribution in [1.29, 1.82) is 0 Å². The zero-order valence-electron chi connectivity index (χ0n) is 12.2. The van der Waals surface area contributed by atoms with Crippen molar-refractivity contribution in [2.24, 2.45) is 5.84 Å². The molecule has 1 aromatic carbocycles. The van der Waals surface area contributed by atoms with E-state index in [0.29, 0.717) is 0 Å². The summed E-state index contributed by atoms with van der Waals surface area (Å²) in [5, 5.41) is 0. The summed E-state index contributed by atoms with van der Waals surface area (Å²) in [4.78, 5) is 0. The van der Waals surface area contributed by atoms with E-state index < -0.39 is 0 Å². The maximum absolute atomic E-state index is 5.93. The Morgan fingerprint density at radius 3 is 2.80 bits per heavy atom. The van der Waals surface area contributed by atoms with E-state index in [1.165, 1.54) is 30.4 Å². The number of nitrogens with one attached hydrogen (secondary N) is 1. The first-order valence-electron chi connectivity index (χ1n) is 7.56. The van der Waals surface area contributed by atoms with Crippen molar-refractivity contribution in [1.82, 2.24) is 5.43 Å². The maximum Gasteiger partial charge on any atom is 0.122 e. The molecule has 0 saturated heterocycles. The summed E-state index contributed by atoms with van der Waals surface area (Å²) in [5.41, 5.74) is 5.32. The molecular formula is C16H24N2O2. The summed E-state index contributed by atoms with van der Waals surface area (Å²) in [6, 6.07) is 6.44. The van der Waals surface area contributed by atoms with Gasteiger partial charge in [-0.1, -0.05) is 31.4 Å². The van der Waals surface area contributed by atoms with Gasteiger partial charge in [0.05, 0.1) is 18.2 Å². The molecule has 4 heteroatoms. The highest BCUT2D eigenvalue weighted by atomic mass is 16.5. The van der Waals surface area contributed by atoms with Crippen LogP contribution in [-0.4, -0.2) is 19.3 Å². The Bertz CT molecular complexity index is 470. The van der Waals surface area contributed by atoms with Crippen molar-refractivity contribution < 1.29 is 9.47 Å². The second-order valence-corrected chi connectivity index (χ2v) is 5.89. The molecule has 3 rings (SSSR count). The van der Waals surface area contributed by atoms with Gasteiger partial charge in [-0.25, -0.2) is 0 Å². The van der Waals surface area contributed by atoms with E-state index in [9.17, 15) is 0 Å². The average Bonchev–Trinajstić information content (AvgIpc) is 2.96. The molecule has 0 radical (unpaired) electrons. The summed E-state index contributed by atoms with van der Waals surface area (Å²) in [6.45, 7) is 0.787. The lowest BCUT2D eigenvalue weighted by molar-refractivity contribution is -0.0688. The van der Waals surface area contributed by atoms with E-state index >= 15 is 0 Å². The fourth-order valence-corrected chi connectivity index (χ4v) is 3.70. The molecule has 20 heavy (non-hydrogen) atoms. The minimum atomic E-state index is -0.180. The van der Waals surface area contributed by atoms with Crippen molar-refractivity contribution >= 4 is 0 Å². The molecule has 3 N–H and O–H groups in total. The van der Waals surface area contributed by atoms with Gasteiger partial charge in [0.15, 0.2) is 0 Å². The number of hydrogen-bond donors (Lipinski definition) is 2. The lowest BCUT2D eigenvalue weighted by Gasteiger charge is -2.42. The van der Waals surface area contributed by atoms with Crippen molar-refractivity contribution in [3.8, 4) is 5.75 Å². The van der Waals surface area contributed by atoms with Crippen LogP contribution >= 0.6 is 0 Å². The average molecular weight is 276 g/mol. The van der Waals surface area contributed by atoms with Gasteiger partial charge < -0.3 is 9.47 Å². The van der Waals surface area contributed by atoms with Crippen LogP contribution in [0.1, 0.15) is 49.3 Å². The third-order valence-corrected chi connectivity index (χ3v) is 4.85. The monoisotopic (exact) mass is 276 g/mol. The Kier molecular flexibility index (Phi) is 3.96. The first kappa shape index (κ1) is 13.9. The van der Waals surface area contributed by atoms with Crippen molar-refractivity contribution in [3.63, 3.8) is 0 Å². The molecule has 1 aliphatic heterocycles. The zero-order valence-corrected chi connectivity index (χ0v) is 12.2. The molecule has 0 aromatic heterocycles. The summed E-state index contributed by atoms with van der Waals surface area (Å²) >= 11 is 0. The number of nitrogens with two attached hydrogens (primary N) is 1. The number of fused-ring (bicyclic) bond motifs is 1. The van der Waals surface area contributed by atoms with E-state index in [1.807, 2.05) is 7.11 Å². The van der Waals surface area contributed by atoms with Crippen LogP contribution in [0.5, 0.6) is 5.75 Å². The highest BCUT2D eigenvalue weighted by Gasteiger charge is 2.40. The van der Waals surface area contributed by atoms with Gasteiger partial charge in [0.25, 0.3) is 0 Å². The lowest BCUT2D eigenvalue weighted by atomic mass is 9.76. The van der Waals surface area contributed by atoms with Crippen LogP contribution in [0.25, 0.3) is 0 Å². The van der Waals surface area contributed by atoms with Gasteiger partial charge in [0.1, 0.15) is 5.75 Å². The number of methoxy groups -OCH3 is 1. The minimum Gasteiger partial charge on any atom is -0.493 e. The highest BCUT2D eigenvalue weighted by molar-refractivity contribution is 5.41.